The molecule has 0 saturated heterocycles. The van der Waals surface area contributed by atoms with E-state index < -0.39 is 0 Å². The summed E-state index contributed by atoms with van der Waals surface area (Å²) in [6, 6.07) is 10.1. The molecule has 0 aliphatic rings. The molecule has 1 aromatic heterocycles. The molecule has 88 valence electrons. The molecular weight excluding hydrogens is 278 g/mol. The number of benzene rings is 1. The average molecular weight is 292 g/mol. The second kappa shape index (κ2) is 5.27. The van der Waals surface area contributed by atoms with Crippen LogP contribution in [0.15, 0.2) is 34.8 Å². The van der Waals surface area contributed by atoms with Crippen molar-refractivity contribution < 1.29 is 0 Å². The van der Waals surface area contributed by atoms with Gasteiger partial charge >= 0.3 is 0 Å². The molecule has 0 aliphatic carbocycles. The van der Waals surface area contributed by atoms with E-state index in [0.717, 1.165) is 28.0 Å². The third-order valence-electron chi connectivity index (χ3n) is 2.31. The highest BCUT2D eigenvalue weighted by atomic mass is 79.9. The summed E-state index contributed by atoms with van der Waals surface area (Å²) in [5.41, 5.74) is 2.99. The van der Waals surface area contributed by atoms with Crippen molar-refractivity contribution in [3.05, 3.63) is 40.5 Å². The third-order valence-corrected chi connectivity index (χ3v) is 2.80. The van der Waals surface area contributed by atoms with Crippen LogP contribution in [-0.4, -0.2) is 16.5 Å². The van der Waals surface area contributed by atoms with E-state index >= 15 is 0 Å². The molecule has 2 rings (SSSR count). The lowest BCUT2D eigenvalue weighted by Gasteiger charge is -2.07. The van der Waals surface area contributed by atoms with Crippen LogP contribution in [0.5, 0.6) is 0 Å². The molecule has 17 heavy (non-hydrogen) atoms. The quantitative estimate of drug-likeness (QED) is 0.938. The van der Waals surface area contributed by atoms with Crippen molar-refractivity contribution in [2.45, 2.75) is 13.8 Å². The Balaban J connectivity index is 2.44. The molecule has 0 spiro atoms. The highest BCUT2D eigenvalue weighted by Gasteiger charge is 2.04. The Morgan fingerprint density at radius 3 is 2.76 bits per heavy atom. The molecule has 0 atom stereocenters. The number of anilines is 1. The second-order valence-electron chi connectivity index (χ2n) is 3.76. The smallest absolute Gasteiger partial charge is 0.223 e. The summed E-state index contributed by atoms with van der Waals surface area (Å²) in [6.07, 6.45) is 0. The number of aryl methyl sites for hydroxylation is 1. The maximum Gasteiger partial charge on any atom is 0.223 e. The Labute approximate surface area is 109 Å². The van der Waals surface area contributed by atoms with E-state index in [1.165, 1.54) is 0 Å². The van der Waals surface area contributed by atoms with Gasteiger partial charge in [-0.25, -0.2) is 9.97 Å². The molecule has 2 aromatic rings. The average Bonchev–Trinajstić information content (AvgIpc) is 2.28. The molecule has 4 heteroatoms. The number of rotatable bonds is 3. The van der Waals surface area contributed by atoms with Gasteiger partial charge in [-0.3, -0.25) is 0 Å². The van der Waals surface area contributed by atoms with Crippen LogP contribution in [0.3, 0.4) is 0 Å². The van der Waals surface area contributed by atoms with Crippen LogP contribution in [0.25, 0.3) is 11.3 Å². The third kappa shape index (κ3) is 3.03. The fraction of sp³-hybridized carbons (Fsp3) is 0.231. The molecule has 1 aromatic carbocycles. The number of nitrogens with zero attached hydrogens (tertiary/aromatic N) is 2. The summed E-state index contributed by atoms with van der Waals surface area (Å²) in [4.78, 5) is 8.83. The van der Waals surface area contributed by atoms with Crippen LogP contribution in [0.4, 0.5) is 5.95 Å². The van der Waals surface area contributed by atoms with E-state index in [2.05, 4.69) is 37.3 Å². The van der Waals surface area contributed by atoms with Crippen molar-refractivity contribution in [1.29, 1.82) is 0 Å². The second-order valence-corrected chi connectivity index (χ2v) is 4.67. The van der Waals surface area contributed by atoms with Gasteiger partial charge < -0.3 is 5.32 Å². The minimum Gasteiger partial charge on any atom is -0.354 e. The number of nitrogens with one attached hydrogen (secondary N) is 1. The van der Waals surface area contributed by atoms with Crippen molar-refractivity contribution in [2.75, 3.05) is 11.9 Å². The largest absolute Gasteiger partial charge is 0.354 e. The molecule has 1 heterocycles. The lowest BCUT2D eigenvalue weighted by atomic mass is 10.1. The maximum atomic E-state index is 4.49. The first-order chi connectivity index (χ1) is 8.19. The van der Waals surface area contributed by atoms with Crippen LogP contribution in [0, 0.1) is 6.92 Å². The Morgan fingerprint density at radius 1 is 1.24 bits per heavy atom. The van der Waals surface area contributed by atoms with Crippen LogP contribution in [-0.2, 0) is 0 Å². The molecule has 0 radical (unpaired) electrons. The van der Waals surface area contributed by atoms with Gasteiger partial charge in [-0.05, 0) is 32.0 Å². The van der Waals surface area contributed by atoms with Gasteiger partial charge in [0.05, 0.1) is 5.69 Å². The van der Waals surface area contributed by atoms with E-state index in [1.54, 1.807) is 0 Å². The van der Waals surface area contributed by atoms with E-state index in [1.807, 2.05) is 38.1 Å². The molecule has 0 aliphatic heterocycles. The Kier molecular flexibility index (Phi) is 3.74. The monoisotopic (exact) mass is 291 g/mol. The van der Waals surface area contributed by atoms with Gasteiger partial charge in [0.25, 0.3) is 0 Å². The SMILES string of the molecule is CCNc1nc(C)cc(-c2cccc(Br)c2)n1. The number of hydrogen-bond donors (Lipinski definition) is 1. The van der Waals surface area contributed by atoms with Crippen molar-refractivity contribution in [3.63, 3.8) is 0 Å². The molecule has 0 fully saturated rings. The summed E-state index contributed by atoms with van der Waals surface area (Å²) in [6.45, 7) is 4.83. The lowest BCUT2D eigenvalue weighted by molar-refractivity contribution is 1.05. The van der Waals surface area contributed by atoms with Gasteiger partial charge in [0.15, 0.2) is 0 Å². The molecule has 0 bridgehead atoms. The minimum atomic E-state index is 0.683. The fourth-order valence-corrected chi connectivity index (χ4v) is 2.00. The fourth-order valence-electron chi connectivity index (χ4n) is 1.60. The van der Waals surface area contributed by atoms with Crippen LogP contribution >= 0.6 is 15.9 Å². The zero-order chi connectivity index (χ0) is 12.3. The predicted octanol–water partition coefficient (Wildman–Crippen LogP) is 3.65. The highest BCUT2D eigenvalue weighted by Crippen LogP contribution is 2.22. The van der Waals surface area contributed by atoms with Crippen LogP contribution < -0.4 is 5.32 Å². The minimum absolute atomic E-state index is 0.683. The Morgan fingerprint density at radius 2 is 2.06 bits per heavy atom. The summed E-state index contributed by atoms with van der Waals surface area (Å²) >= 11 is 3.47. The number of aromatic nitrogens is 2. The van der Waals surface area contributed by atoms with Crippen LogP contribution in [0.1, 0.15) is 12.6 Å². The Hall–Kier alpha value is -1.42. The zero-order valence-electron chi connectivity index (χ0n) is 9.87. The highest BCUT2D eigenvalue weighted by molar-refractivity contribution is 9.10. The van der Waals surface area contributed by atoms with Crippen LogP contribution in [0.2, 0.25) is 0 Å². The summed E-state index contributed by atoms with van der Waals surface area (Å²) in [5, 5.41) is 3.14. The summed E-state index contributed by atoms with van der Waals surface area (Å²) in [7, 11) is 0. The van der Waals surface area contributed by atoms with Crippen molar-refractivity contribution in [2.24, 2.45) is 0 Å². The summed E-state index contributed by atoms with van der Waals surface area (Å²) < 4.78 is 1.05. The number of halogens is 1. The first kappa shape index (κ1) is 12.0. The molecule has 0 amide bonds. The van der Waals surface area contributed by atoms with Crippen molar-refractivity contribution in [3.8, 4) is 11.3 Å². The normalized spacial score (nSPS) is 10.3. The topological polar surface area (TPSA) is 37.8 Å². The summed E-state index contributed by atoms with van der Waals surface area (Å²) in [5.74, 6) is 0.683. The predicted molar refractivity (Wildman–Crippen MR) is 74.1 cm³/mol. The van der Waals surface area contributed by atoms with Gasteiger partial charge in [0.2, 0.25) is 5.95 Å². The van der Waals surface area contributed by atoms with E-state index in [9.17, 15) is 0 Å². The Bertz CT molecular complexity index is 526. The van der Waals surface area contributed by atoms with Gasteiger partial charge in [-0.15, -0.1) is 0 Å². The molecule has 0 unspecified atom stereocenters. The molecule has 1 N–H and O–H groups in total. The molecule has 3 nitrogen and oxygen atoms in total. The van der Waals surface area contributed by atoms with Gasteiger partial charge in [-0.1, -0.05) is 28.1 Å². The van der Waals surface area contributed by atoms with Gasteiger partial charge in [-0.2, -0.15) is 0 Å². The number of hydrogen-bond acceptors (Lipinski definition) is 3. The molecular formula is C13H14BrN3. The lowest BCUT2D eigenvalue weighted by Crippen LogP contribution is -2.03. The first-order valence-electron chi connectivity index (χ1n) is 5.54. The standard InChI is InChI=1S/C13H14BrN3/c1-3-15-13-16-9(2)7-12(17-13)10-5-4-6-11(14)8-10/h4-8H,3H2,1-2H3,(H,15,16,17). The first-order valence-corrected chi connectivity index (χ1v) is 6.34. The van der Waals surface area contributed by atoms with E-state index in [-0.39, 0.29) is 0 Å². The van der Waals surface area contributed by atoms with Crippen molar-refractivity contribution >= 4 is 21.9 Å². The zero-order valence-corrected chi connectivity index (χ0v) is 11.5. The maximum absolute atomic E-state index is 4.49. The van der Waals surface area contributed by atoms with Gasteiger partial charge in [0.1, 0.15) is 0 Å². The van der Waals surface area contributed by atoms with Gasteiger partial charge in [0, 0.05) is 22.3 Å². The van der Waals surface area contributed by atoms with Crippen molar-refractivity contribution in [1.82, 2.24) is 9.97 Å². The molecule has 0 saturated carbocycles. The van der Waals surface area contributed by atoms with E-state index in [4.69, 9.17) is 0 Å². The van der Waals surface area contributed by atoms with E-state index in [0.29, 0.717) is 5.95 Å².